The van der Waals surface area contributed by atoms with Crippen molar-refractivity contribution < 1.29 is 13.5 Å². The van der Waals surface area contributed by atoms with Crippen LogP contribution in [0.25, 0.3) is 0 Å². The maximum Gasteiger partial charge on any atom is 0.172 e. The van der Waals surface area contributed by atoms with Crippen molar-refractivity contribution in [3.8, 4) is 5.75 Å². The zero-order valence-corrected chi connectivity index (χ0v) is 9.69. The van der Waals surface area contributed by atoms with E-state index in [1.165, 1.54) is 19.3 Å². The van der Waals surface area contributed by atoms with E-state index in [2.05, 4.69) is 6.58 Å². The number of hydrogen-bond acceptors (Lipinski definition) is 2. The second-order valence-corrected chi connectivity index (χ2v) is 3.11. The number of methoxy groups -OCH3 is 1. The van der Waals surface area contributed by atoms with Crippen LogP contribution in [0, 0.1) is 11.6 Å². The van der Waals surface area contributed by atoms with E-state index in [0.29, 0.717) is 6.42 Å². The summed E-state index contributed by atoms with van der Waals surface area (Å²) in [4.78, 5) is 0. The molecule has 2 nitrogen and oxygen atoms in total. The summed E-state index contributed by atoms with van der Waals surface area (Å²) < 4.78 is 31.7. The summed E-state index contributed by atoms with van der Waals surface area (Å²) in [5.41, 5.74) is 5.47. The Hall–Kier alpha value is -1.13. The molecular weight excluding hydrogens is 236 g/mol. The van der Waals surface area contributed by atoms with Crippen molar-refractivity contribution in [3.05, 3.63) is 42.0 Å². The Morgan fingerprint density at radius 3 is 2.62 bits per heavy atom. The van der Waals surface area contributed by atoms with Crippen LogP contribution in [0.2, 0.25) is 0 Å². The summed E-state index contributed by atoms with van der Waals surface area (Å²) in [5.74, 6) is -1.42. The van der Waals surface area contributed by atoms with E-state index in [4.69, 9.17) is 10.5 Å². The van der Waals surface area contributed by atoms with Crippen molar-refractivity contribution in [2.75, 3.05) is 7.11 Å². The van der Waals surface area contributed by atoms with Gasteiger partial charge in [-0.1, -0.05) is 6.08 Å². The maximum atomic E-state index is 13.6. The predicted molar refractivity (Wildman–Crippen MR) is 61.9 cm³/mol. The van der Waals surface area contributed by atoms with E-state index in [9.17, 15) is 8.78 Å². The van der Waals surface area contributed by atoms with Crippen molar-refractivity contribution in [2.24, 2.45) is 5.73 Å². The molecule has 0 fully saturated rings. The van der Waals surface area contributed by atoms with Crippen LogP contribution in [-0.2, 0) is 0 Å². The number of rotatable bonds is 4. The molecule has 0 bridgehead atoms. The molecule has 1 aromatic carbocycles. The molecule has 0 radical (unpaired) electrons. The van der Waals surface area contributed by atoms with Gasteiger partial charge in [0.25, 0.3) is 0 Å². The second-order valence-electron chi connectivity index (χ2n) is 3.11. The first-order valence-corrected chi connectivity index (χ1v) is 4.50. The number of nitrogens with two attached hydrogens (primary N) is 1. The number of hydrogen-bond donors (Lipinski definition) is 1. The summed E-state index contributed by atoms with van der Waals surface area (Å²) >= 11 is 0. The lowest BCUT2D eigenvalue weighted by Gasteiger charge is -2.13. The van der Waals surface area contributed by atoms with Crippen LogP contribution in [-0.4, -0.2) is 7.11 Å². The Morgan fingerprint density at radius 2 is 2.12 bits per heavy atom. The van der Waals surface area contributed by atoms with Gasteiger partial charge in [0.2, 0.25) is 0 Å². The predicted octanol–water partition coefficient (Wildman–Crippen LogP) is 2.97. The molecule has 0 aliphatic carbocycles. The van der Waals surface area contributed by atoms with Gasteiger partial charge >= 0.3 is 0 Å². The molecule has 1 rings (SSSR count). The van der Waals surface area contributed by atoms with Gasteiger partial charge < -0.3 is 10.5 Å². The number of benzene rings is 1. The van der Waals surface area contributed by atoms with Crippen LogP contribution < -0.4 is 10.5 Å². The Kier molecular flexibility index (Phi) is 6.00. The van der Waals surface area contributed by atoms with Gasteiger partial charge in [0, 0.05) is 11.6 Å². The lowest BCUT2D eigenvalue weighted by molar-refractivity contribution is 0.378. The minimum Gasteiger partial charge on any atom is -0.494 e. The summed E-state index contributed by atoms with van der Waals surface area (Å²) in [6.45, 7) is 3.47. The molecule has 1 aromatic rings. The molecule has 5 heteroatoms. The molecule has 0 saturated carbocycles. The lowest BCUT2D eigenvalue weighted by atomic mass is 10.0. The second kappa shape index (κ2) is 6.45. The van der Waals surface area contributed by atoms with Crippen LogP contribution in [0.15, 0.2) is 24.8 Å². The molecule has 90 valence electrons. The summed E-state index contributed by atoms with van der Waals surface area (Å²) in [6, 6.07) is 1.63. The van der Waals surface area contributed by atoms with Gasteiger partial charge in [-0.2, -0.15) is 0 Å². The van der Waals surface area contributed by atoms with Gasteiger partial charge in [0.1, 0.15) is 5.82 Å². The molecule has 0 unspecified atom stereocenters. The smallest absolute Gasteiger partial charge is 0.172 e. The Bertz CT molecular complexity index is 371. The maximum absolute atomic E-state index is 13.6. The molecular formula is C11H14ClF2NO. The van der Waals surface area contributed by atoms with Gasteiger partial charge in [-0.25, -0.2) is 8.78 Å². The molecule has 2 N–H and O–H groups in total. The standard InChI is InChI=1S/C11H13F2NO.ClH/c1-3-4-8(14)10-7(12)5-6-9(15-2)11(10)13;/h3,5-6,8H,1,4,14H2,2H3;1H/t8-;/m1./s1. The first kappa shape index (κ1) is 14.9. The topological polar surface area (TPSA) is 35.2 Å². The highest BCUT2D eigenvalue weighted by Gasteiger charge is 2.19. The normalized spacial score (nSPS) is 11.5. The highest BCUT2D eigenvalue weighted by molar-refractivity contribution is 5.85. The first-order valence-electron chi connectivity index (χ1n) is 4.50. The minimum atomic E-state index is -0.744. The summed E-state index contributed by atoms with van der Waals surface area (Å²) in [6.07, 6.45) is 1.82. The zero-order valence-electron chi connectivity index (χ0n) is 8.87. The van der Waals surface area contributed by atoms with Gasteiger partial charge in [-0.15, -0.1) is 19.0 Å². The Balaban J connectivity index is 0.00000225. The van der Waals surface area contributed by atoms with Gasteiger partial charge in [0.15, 0.2) is 11.6 Å². The van der Waals surface area contributed by atoms with E-state index < -0.39 is 17.7 Å². The molecule has 0 heterocycles. The van der Waals surface area contributed by atoms with Crippen molar-refractivity contribution >= 4 is 12.4 Å². The van der Waals surface area contributed by atoms with Gasteiger partial charge in [-0.05, 0) is 18.6 Å². The third kappa shape index (κ3) is 2.93. The average Bonchev–Trinajstić information content (AvgIpc) is 2.18. The van der Waals surface area contributed by atoms with Crippen molar-refractivity contribution in [2.45, 2.75) is 12.5 Å². The van der Waals surface area contributed by atoms with Crippen LogP contribution in [0.3, 0.4) is 0 Å². The Morgan fingerprint density at radius 1 is 1.50 bits per heavy atom. The van der Waals surface area contributed by atoms with Crippen molar-refractivity contribution in [3.63, 3.8) is 0 Å². The highest BCUT2D eigenvalue weighted by atomic mass is 35.5. The average molecular weight is 250 g/mol. The van der Waals surface area contributed by atoms with Gasteiger partial charge in [-0.3, -0.25) is 0 Å². The molecule has 0 aromatic heterocycles. The Labute approximate surface area is 99.5 Å². The fourth-order valence-electron chi connectivity index (χ4n) is 1.34. The van der Waals surface area contributed by atoms with Gasteiger partial charge in [0.05, 0.1) is 7.11 Å². The third-order valence-corrected chi connectivity index (χ3v) is 2.10. The van der Waals surface area contributed by atoms with Crippen molar-refractivity contribution in [1.29, 1.82) is 0 Å². The summed E-state index contributed by atoms with van der Waals surface area (Å²) in [7, 11) is 1.32. The number of halogens is 3. The first-order chi connectivity index (χ1) is 7.11. The third-order valence-electron chi connectivity index (χ3n) is 2.10. The lowest BCUT2D eigenvalue weighted by Crippen LogP contribution is -2.14. The highest BCUT2D eigenvalue weighted by Crippen LogP contribution is 2.28. The van der Waals surface area contributed by atoms with Crippen LogP contribution >= 0.6 is 12.4 Å². The van der Waals surface area contributed by atoms with Crippen molar-refractivity contribution in [1.82, 2.24) is 0 Å². The molecule has 16 heavy (non-hydrogen) atoms. The van der Waals surface area contributed by atoms with E-state index in [1.54, 1.807) is 0 Å². The van der Waals surface area contributed by atoms with E-state index in [1.807, 2.05) is 0 Å². The fraction of sp³-hybridized carbons (Fsp3) is 0.273. The SMILES string of the molecule is C=CC[C@@H](N)c1c(F)ccc(OC)c1F.Cl. The fourth-order valence-corrected chi connectivity index (χ4v) is 1.34. The van der Waals surface area contributed by atoms with Crippen LogP contribution in [0.1, 0.15) is 18.0 Å². The largest absolute Gasteiger partial charge is 0.494 e. The monoisotopic (exact) mass is 249 g/mol. The van der Waals surface area contributed by atoms with E-state index in [0.717, 1.165) is 6.07 Å². The quantitative estimate of drug-likeness (QED) is 0.833. The molecule has 1 atom stereocenters. The van der Waals surface area contributed by atoms with E-state index in [-0.39, 0.29) is 23.7 Å². The minimum absolute atomic E-state index is 0. The molecule has 0 amide bonds. The van der Waals surface area contributed by atoms with Crippen LogP contribution in [0.5, 0.6) is 5.75 Å². The zero-order chi connectivity index (χ0) is 11.4. The molecule has 0 aliphatic heterocycles. The molecule has 0 saturated heterocycles. The number of ether oxygens (including phenoxy) is 1. The van der Waals surface area contributed by atoms with E-state index >= 15 is 0 Å². The molecule has 0 aliphatic rings. The molecule has 0 spiro atoms. The van der Waals surface area contributed by atoms with Crippen LogP contribution in [0.4, 0.5) is 8.78 Å². The summed E-state index contributed by atoms with van der Waals surface area (Å²) in [5, 5.41) is 0.